The molecule has 0 spiro atoms. The van der Waals surface area contributed by atoms with Crippen molar-refractivity contribution in [1.29, 1.82) is 0 Å². The zero-order valence-electron chi connectivity index (χ0n) is 11.5. The van der Waals surface area contributed by atoms with Crippen molar-refractivity contribution in [2.75, 3.05) is 18.8 Å². The van der Waals surface area contributed by atoms with Gasteiger partial charge in [-0.05, 0) is 6.42 Å². The summed E-state index contributed by atoms with van der Waals surface area (Å²) in [6.07, 6.45) is 6.02. The van der Waals surface area contributed by atoms with Gasteiger partial charge in [-0.15, -0.1) is 0 Å². The Hall–Kier alpha value is 0.830. The molecule has 0 rings (SSSR count). The molecule has 0 aliphatic carbocycles. The molecule has 0 aromatic rings. The number of hydrogen-bond donors (Lipinski definition) is 2. The van der Waals surface area contributed by atoms with Crippen LogP contribution in [-0.2, 0) is 10.1 Å². The molecule has 0 heterocycles. The maximum Gasteiger partial charge on any atom is 1.00 e. The predicted molar refractivity (Wildman–Crippen MR) is 66.8 cm³/mol. The van der Waals surface area contributed by atoms with Crippen LogP contribution in [0.25, 0.3) is 0 Å². The van der Waals surface area contributed by atoms with Crippen molar-refractivity contribution in [3.8, 4) is 0 Å². The minimum absolute atomic E-state index is 0. The monoisotopic (exact) mass is 289 g/mol. The summed E-state index contributed by atoms with van der Waals surface area (Å²) in [6, 6.07) is 0. The van der Waals surface area contributed by atoms with Crippen molar-refractivity contribution in [1.82, 2.24) is 5.32 Å². The summed E-state index contributed by atoms with van der Waals surface area (Å²) >= 11 is 0. The van der Waals surface area contributed by atoms with Gasteiger partial charge in [0.25, 0.3) is 0 Å². The van der Waals surface area contributed by atoms with Gasteiger partial charge >= 0.3 is 29.6 Å². The Morgan fingerprint density at radius 1 is 1.22 bits per heavy atom. The fourth-order valence-corrected chi connectivity index (χ4v) is 1.95. The third kappa shape index (κ3) is 16.8. The van der Waals surface area contributed by atoms with Crippen LogP contribution in [-0.4, -0.2) is 43.0 Å². The Morgan fingerprint density at radius 3 is 2.39 bits per heavy atom. The fourth-order valence-electron chi connectivity index (χ4n) is 1.55. The molecule has 7 heteroatoms. The molecule has 18 heavy (non-hydrogen) atoms. The van der Waals surface area contributed by atoms with E-state index in [1.165, 1.54) is 19.3 Å². The van der Waals surface area contributed by atoms with Gasteiger partial charge in [0.05, 0.1) is 22.0 Å². The molecule has 0 aliphatic heterocycles. The van der Waals surface area contributed by atoms with Crippen molar-refractivity contribution in [2.45, 2.75) is 51.6 Å². The van der Waals surface area contributed by atoms with Gasteiger partial charge in [-0.25, -0.2) is 8.42 Å². The van der Waals surface area contributed by atoms with Gasteiger partial charge in [0.2, 0.25) is 0 Å². The summed E-state index contributed by atoms with van der Waals surface area (Å²) < 4.78 is 30.9. The van der Waals surface area contributed by atoms with Crippen molar-refractivity contribution in [2.24, 2.45) is 0 Å². The predicted octanol–water partition coefficient (Wildman–Crippen LogP) is -2.15. The van der Waals surface area contributed by atoms with Crippen molar-refractivity contribution in [3.63, 3.8) is 0 Å². The van der Waals surface area contributed by atoms with Crippen molar-refractivity contribution < 1.29 is 47.6 Å². The van der Waals surface area contributed by atoms with E-state index < -0.39 is 22.0 Å². The average Bonchev–Trinajstić information content (AvgIpc) is 2.23. The maximum atomic E-state index is 10.3. The molecule has 0 aromatic carbocycles. The van der Waals surface area contributed by atoms with E-state index in [0.29, 0.717) is 6.54 Å². The normalized spacial score (nSPS) is 13.1. The number of nitrogens with one attached hydrogen (secondary N) is 1. The van der Waals surface area contributed by atoms with E-state index in [9.17, 15) is 18.1 Å². The molecule has 0 saturated carbocycles. The largest absolute Gasteiger partial charge is 1.00 e. The summed E-state index contributed by atoms with van der Waals surface area (Å²) in [5.41, 5.74) is 0. The van der Waals surface area contributed by atoms with Crippen molar-refractivity contribution in [3.05, 3.63) is 0 Å². The summed E-state index contributed by atoms with van der Waals surface area (Å²) in [5, 5.41) is 12.3. The summed E-state index contributed by atoms with van der Waals surface area (Å²) in [6.45, 7) is 2.62. The van der Waals surface area contributed by atoms with Gasteiger partial charge in [-0.1, -0.05) is 39.0 Å². The summed E-state index contributed by atoms with van der Waals surface area (Å²) in [4.78, 5) is 0. The number of rotatable bonds is 11. The number of aliphatic hydroxyl groups is 1. The average molecular weight is 289 g/mol. The van der Waals surface area contributed by atoms with Gasteiger partial charge in [-0.2, -0.15) is 0 Å². The molecule has 0 saturated heterocycles. The van der Waals surface area contributed by atoms with Gasteiger partial charge in [0.1, 0.15) is 0 Å². The first-order valence-corrected chi connectivity index (χ1v) is 7.85. The van der Waals surface area contributed by atoms with Crippen LogP contribution in [0, 0.1) is 0 Å². The molecular weight excluding hydrogens is 265 g/mol. The van der Waals surface area contributed by atoms with Crippen LogP contribution in [0.3, 0.4) is 0 Å². The SMILES string of the molecule is CCCCCCCC(O)CNCCS(=O)(=O)[O-].[Na+]. The number of hydrogen-bond acceptors (Lipinski definition) is 5. The molecule has 0 aromatic heterocycles. The topological polar surface area (TPSA) is 89.5 Å². The molecule has 104 valence electrons. The molecule has 0 radical (unpaired) electrons. The molecule has 1 atom stereocenters. The summed E-state index contributed by atoms with van der Waals surface area (Å²) in [7, 11) is -4.14. The zero-order chi connectivity index (χ0) is 13.1. The first-order valence-electron chi connectivity index (χ1n) is 6.28. The second-order valence-electron chi connectivity index (χ2n) is 4.32. The Kier molecular flexibility index (Phi) is 15.1. The van der Waals surface area contributed by atoms with E-state index in [-0.39, 0.29) is 36.1 Å². The number of unbranched alkanes of at least 4 members (excludes halogenated alkanes) is 4. The van der Waals surface area contributed by atoms with Gasteiger partial charge in [0, 0.05) is 13.1 Å². The van der Waals surface area contributed by atoms with E-state index in [2.05, 4.69) is 12.2 Å². The Bertz CT molecular complexity index is 272. The fraction of sp³-hybridized carbons (Fsp3) is 1.00. The van der Waals surface area contributed by atoms with E-state index in [0.717, 1.165) is 19.3 Å². The Labute approximate surface area is 133 Å². The van der Waals surface area contributed by atoms with Crippen LogP contribution < -0.4 is 34.9 Å². The van der Waals surface area contributed by atoms with Crippen LogP contribution in [0.1, 0.15) is 45.4 Å². The van der Waals surface area contributed by atoms with Crippen LogP contribution in [0.4, 0.5) is 0 Å². The minimum Gasteiger partial charge on any atom is -0.748 e. The van der Waals surface area contributed by atoms with Crippen LogP contribution in [0.15, 0.2) is 0 Å². The summed E-state index contributed by atoms with van der Waals surface area (Å²) in [5.74, 6) is -0.420. The molecule has 0 aliphatic rings. The Balaban J connectivity index is 0. The Morgan fingerprint density at radius 2 is 1.83 bits per heavy atom. The molecule has 1 unspecified atom stereocenters. The molecule has 0 amide bonds. The maximum absolute atomic E-state index is 10.3. The van der Waals surface area contributed by atoms with Crippen LogP contribution in [0.2, 0.25) is 0 Å². The second-order valence-corrected chi connectivity index (χ2v) is 5.85. The van der Waals surface area contributed by atoms with Gasteiger partial charge in [-0.3, -0.25) is 0 Å². The van der Waals surface area contributed by atoms with E-state index in [4.69, 9.17) is 0 Å². The van der Waals surface area contributed by atoms with E-state index >= 15 is 0 Å². The zero-order valence-corrected chi connectivity index (χ0v) is 14.3. The van der Waals surface area contributed by atoms with Crippen LogP contribution in [0.5, 0.6) is 0 Å². The van der Waals surface area contributed by atoms with Crippen molar-refractivity contribution >= 4 is 10.1 Å². The van der Waals surface area contributed by atoms with Crippen LogP contribution >= 0.6 is 0 Å². The smallest absolute Gasteiger partial charge is 0.748 e. The van der Waals surface area contributed by atoms with Gasteiger partial charge in [0.15, 0.2) is 0 Å². The first-order chi connectivity index (χ1) is 7.95. The number of aliphatic hydroxyl groups excluding tert-OH is 1. The third-order valence-electron chi connectivity index (χ3n) is 2.55. The van der Waals surface area contributed by atoms with E-state index in [1.54, 1.807) is 0 Å². The molecule has 0 fully saturated rings. The molecule has 0 bridgehead atoms. The second kappa shape index (κ2) is 12.8. The molecular formula is C11H24NNaO4S. The third-order valence-corrected chi connectivity index (χ3v) is 3.25. The minimum atomic E-state index is -4.14. The quantitative estimate of drug-likeness (QED) is 0.257. The molecule has 5 nitrogen and oxygen atoms in total. The molecule has 2 N–H and O–H groups in total. The first kappa shape index (κ1) is 21.1. The van der Waals surface area contributed by atoms with E-state index in [1.807, 2.05) is 0 Å². The standard InChI is InChI=1S/C11H25NO4S.Na/c1-2-3-4-5-6-7-11(13)10-12-8-9-17(14,15)16;/h11-13H,2-10H2,1H3,(H,14,15,16);/q;+1/p-1. The van der Waals surface area contributed by atoms with Gasteiger partial charge < -0.3 is 15.0 Å².